The van der Waals surface area contributed by atoms with E-state index in [9.17, 15) is 30.0 Å². The summed E-state index contributed by atoms with van der Waals surface area (Å²) in [7, 11) is 0. The zero-order valence-electron chi connectivity index (χ0n) is 14.3. The summed E-state index contributed by atoms with van der Waals surface area (Å²) in [6.45, 7) is 3.98. The SMILES string of the molecule is CCCCC(O)CCC(CCC(O)CCCC)(C(=O)O)C(=O)O. The van der Waals surface area contributed by atoms with Crippen LogP contribution in [-0.2, 0) is 9.59 Å². The van der Waals surface area contributed by atoms with Gasteiger partial charge in [-0.3, -0.25) is 9.59 Å². The first-order chi connectivity index (χ1) is 10.8. The van der Waals surface area contributed by atoms with Crippen LogP contribution in [0, 0.1) is 5.41 Å². The third-order valence-electron chi connectivity index (χ3n) is 4.41. The standard InChI is InChI=1S/C17H32O6/c1-3-5-7-13(18)9-11-17(15(20)21,16(22)23)12-10-14(19)8-6-4-2/h13-14,18-19H,3-12H2,1-2H3,(H,20,21)(H,22,23). The van der Waals surface area contributed by atoms with E-state index in [1.165, 1.54) is 0 Å². The Hall–Kier alpha value is -1.14. The summed E-state index contributed by atoms with van der Waals surface area (Å²) in [6.07, 6.45) is 3.26. The van der Waals surface area contributed by atoms with Crippen LogP contribution < -0.4 is 0 Å². The zero-order valence-corrected chi connectivity index (χ0v) is 14.3. The maximum atomic E-state index is 11.6. The minimum Gasteiger partial charge on any atom is -0.480 e. The van der Waals surface area contributed by atoms with Crippen molar-refractivity contribution in [2.45, 2.75) is 90.3 Å². The molecule has 4 N–H and O–H groups in total. The fraction of sp³-hybridized carbons (Fsp3) is 0.882. The molecule has 2 atom stereocenters. The van der Waals surface area contributed by atoms with Crippen LogP contribution in [0.25, 0.3) is 0 Å². The van der Waals surface area contributed by atoms with Crippen molar-refractivity contribution in [2.24, 2.45) is 5.41 Å². The smallest absolute Gasteiger partial charge is 0.321 e. The molecule has 0 heterocycles. The van der Waals surface area contributed by atoms with E-state index in [1.54, 1.807) is 0 Å². The molecule has 6 heteroatoms. The van der Waals surface area contributed by atoms with E-state index in [1.807, 2.05) is 13.8 Å². The predicted octanol–water partition coefficient (Wildman–Crippen LogP) is 2.80. The first-order valence-electron chi connectivity index (χ1n) is 8.63. The maximum Gasteiger partial charge on any atom is 0.321 e. The Balaban J connectivity index is 4.76. The minimum atomic E-state index is -1.93. The summed E-state index contributed by atoms with van der Waals surface area (Å²) in [5.41, 5.74) is -1.93. The fourth-order valence-electron chi connectivity index (χ4n) is 2.64. The normalized spacial score (nSPS) is 14.4. The van der Waals surface area contributed by atoms with E-state index >= 15 is 0 Å². The average Bonchev–Trinajstić information content (AvgIpc) is 2.50. The van der Waals surface area contributed by atoms with Crippen LogP contribution in [0.3, 0.4) is 0 Å². The van der Waals surface area contributed by atoms with Gasteiger partial charge in [0.2, 0.25) is 0 Å². The quantitative estimate of drug-likeness (QED) is 0.364. The number of aliphatic hydroxyl groups excluding tert-OH is 2. The van der Waals surface area contributed by atoms with E-state index in [4.69, 9.17) is 0 Å². The highest BCUT2D eigenvalue weighted by Crippen LogP contribution is 2.33. The van der Waals surface area contributed by atoms with Crippen molar-refractivity contribution in [3.63, 3.8) is 0 Å². The lowest BCUT2D eigenvalue weighted by Crippen LogP contribution is -2.40. The summed E-state index contributed by atoms with van der Waals surface area (Å²) < 4.78 is 0. The molecule has 0 aliphatic rings. The van der Waals surface area contributed by atoms with Crippen LogP contribution in [0.4, 0.5) is 0 Å². The molecule has 0 aliphatic carbocycles. The average molecular weight is 332 g/mol. The van der Waals surface area contributed by atoms with Crippen molar-refractivity contribution >= 4 is 11.9 Å². The number of hydrogen-bond acceptors (Lipinski definition) is 4. The molecule has 136 valence electrons. The molecule has 0 spiro atoms. The zero-order chi connectivity index (χ0) is 17.9. The molecule has 6 nitrogen and oxygen atoms in total. The fourth-order valence-corrected chi connectivity index (χ4v) is 2.64. The molecule has 0 rings (SSSR count). The Morgan fingerprint density at radius 2 is 1.13 bits per heavy atom. The molecule has 0 saturated heterocycles. The van der Waals surface area contributed by atoms with Gasteiger partial charge in [0.25, 0.3) is 0 Å². The van der Waals surface area contributed by atoms with Crippen molar-refractivity contribution in [3.05, 3.63) is 0 Å². The molecular formula is C17H32O6. The largest absolute Gasteiger partial charge is 0.480 e. The van der Waals surface area contributed by atoms with Crippen molar-refractivity contribution in [2.75, 3.05) is 0 Å². The van der Waals surface area contributed by atoms with E-state index in [-0.39, 0.29) is 25.7 Å². The molecule has 0 radical (unpaired) electrons. The summed E-state index contributed by atoms with van der Waals surface area (Å²) in [4.78, 5) is 23.1. The van der Waals surface area contributed by atoms with Gasteiger partial charge in [-0.2, -0.15) is 0 Å². The van der Waals surface area contributed by atoms with Gasteiger partial charge in [-0.05, 0) is 38.5 Å². The van der Waals surface area contributed by atoms with E-state index < -0.39 is 29.6 Å². The second-order valence-corrected chi connectivity index (χ2v) is 6.36. The second-order valence-electron chi connectivity index (χ2n) is 6.36. The lowest BCUT2D eigenvalue weighted by molar-refractivity contribution is -0.166. The first kappa shape index (κ1) is 21.9. The molecule has 0 fully saturated rings. The lowest BCUT2D eigenvalue weighted by Gasteiger charge is -2.27. The molecule has 0 aromatic heterocycles. The molecule has 0 aliphatic heterocycles. The molecule has 0 aromatic carbocycles. The summed E-state index contributed by atoms with van der Waals surface area (Å²) >= 11 is 0. The molecule has 2 unspecified atom stereocenters. The van der Waals surface area contributed by atoms with Crippen molar-refractivity contribution < 1.29 is 30.0 Å². The van der Waals surface area contributed by atoms with Crippen molar-refractivity contribution in [3.8, 4) is 0 Å². The van der Waals surface area contributed by atoms with Crippen LogP contribution in [0.1, 0.15) is 78.1 Å². The van der Waals surface area contributed by atoms with Gasteiger partial charge in [0.1, 0.15) is 0 Å². The molecule has 0 saturated carbocycles. The number of carboxylic acid groups (broad SMARTS) is 2. The highest BCUT2D eigenvalue weighted by atomic mass is 16.4. The Bertz CT molecular complexity index is 321. The molecule has 23 heavy (non-hydrogen) atoms. The minimum absolute atomic E-state index is 0.122. The number of rotatable bonds is 14. The second kappa shape index (κ2) is 11.4. The summed E-state index contributed by atoms with van der Waals surface area (Å²) in [5.74, 6) is -2.79. The van der Waals surface area contributed by atoms with Gasteiger partial charge >= 0.3 is 11.9 Å². The third kappa shape index (κ3) is 7.79. The van der Waals surface area contributed by atoms with Crippen LogP contribution in [0.2, 0.25) is 0 Å². The van der Waals surface area contributed by atoms with Gasteiger partial charge in [-0.1, -0.05) is 39.5 Å². The van der Waals surface area contributed by atoms with Gasteiger partial charge in [-0.15, -0.1) is 0 Å². The van der Waals surface area contributed by atoms with Crippen LogP contribution in [0.5, 0.6) is 0 Å². The highest BCUT2D eigenvalue weighted by Gasteiger charge is 2.46. The number of carboxylic acids is 2. The van der Waals surface area contributed by atoms with E-state index in [0.29, 0.717) is 12.8 Å². The Morgan fingerprint density at radius 1 is 0.783 bits per heavy atom. The van der Waals surface area contributed by atoms with Crippen LogP contribution >= 0.6 is 0 Å². The molecule has 0 amide bonds. The molecule has 0 bridgehead atoms. The van der Waals surface area contributed by atoms with Crippen LogP contribution in [0.15, 0.2) is 0 Å². The number of hydrogen-bond donors (Lipinski definition) is 4. The summed E-state index contributed by atoms with van der Waals surface area (Å²) in [6, 6.07) is 0. The maximum absolute atomic E-state index is 11.6. The Kier molecular flexibility index (Phi) is 10.8. The van der Waals surface area contributed by atoms with Gasteiger partial charge in [0.05, 0.1) is 12.2 Å². The predicted molar refractivity (Wildman–Crippen MR) is 87.2 cm³/mol. The number of aliphatic hydroxyl groups is 2. The first-order valence-corrected chi connectivity index (χ1v) is 8.63. The van der Waals surface area contributed by atoms with Gasteiger partial charge in [-0.25, -0.2) is 0 Å². The van der Waals surface area contributed by atoms with Crippen molar-refractivity contribution in [1.29, 1.82) is 0 Å². The number of unbranched alkanes of at least 4 members (excludes halogenated alkanes) is 2. The number of carbonyl (C=O) groups is 2. The van der Waals surface area contributed by atoms with E-state index in [0.717, 1.165) is 25.7 Å². The topological polar surface area (TPSA) is 115 Å². The van der Waals surface area contributed by atoms with Gasteiger partial charge in [0, 0.05) is 0 Å². The van der Waals surface area contributed by atoms with Crippen LogP contribution in [-0.4, -0.2) is 44.6 Å². The van der Waals surface area contributed by atoms with Crippen molar-refractivity contribution in [1.82, 2.24) is 0 Å². The molecular weight excluding hydrogens is 300 g/mol. The van der Waals surface area contributed by atoms with Gasteiger partial charge < -0.3 is 20.4 Å². The monoisotopic (exact) mass is 332 g/mol. The van der Waals surface area contributed by atoms with Gasteiger partial charge in [0.15, 0.2) is 5.41 Å². The highest BCUT2D eigenvalue weighted by molar-refractivity contribution is 5.98. The summed E-state index contributed by atoms with van der Waals surface area (Å²) in [5, 5.41) is 38.6. The molecule has 0 aromatic rings. The Labute approximate surface area is 138 Å². The van der Waals surface area contributed by atoms with E-state index in [2.05, 4.69) is 0 Å². The third-order valence-corrected chi connectivity index (χ3v) is 4.41. The Morgan fingerprint density at radius 3 is 1.39 bits per heavy atom. The number of aliphatic carboxylic acids is 2. The lowest BCUT2D eigenvalue weighted by atomic mass is 9.77.